The first-order valence-corrected chi connectivity index (χ1v) is 11.2. The third-order valence-corrected chi connectivity index (χ3v) is 5.75. The van der Waals surface area contributed by atoms with Gasteiger partial charge in [0.2, 0.25) is 11.8 Å². The standard InChI is InChI=1S/C21H21ClN4O2S/c1-29-13-19-24-16-5-2-3-6-18(16)26(19)12-20(27)23-14-8-9-17(15(22)11-14)25-10-4-7-21(25)28/h2-3,5-6,8-9,11H,4,7,10,12-13H2,1H3,(H,23,27). The molecule has 1 N–H and O–H groups in total. The third-order valence-electron chi connectivity index (χ3n) is 4.90. The molecule has 1 aromatic heterocycles. The second kappa shape index (κ2) is 8.47. The Labute approximate surface area is 178 Å². The fourth-order valence-electron chi connectivity index (χ4n) is 3.59. The van der Waals surface area contributed by atoms with E-state index in [1.54, 1.807) is 34.9 Å². The molecule has 1 aliphatic heterocycles. The molecule has 2 aromatic carbocycles. The summed E-state index contributed by atoms with van der Waals surface area (Å²) in [5.74, 6) is 1.52. The lowest BCUT2D eigenvalue weighted by Crippen LogP contribution is -2.24. The van der Waals surface area contributed by atoms with Gasteiger partial charge < -0.3 is 14.8 Å². The van der Waals surface area contributed by atoms with Gasteiger partial charge in [-0.1, -0.05) is 23.7 Å². The lowest BCUT2D eigenvalue weighted by molar-refractivity contribution is -0.117. The number of halogens is 1. The van der Waals surface area contributed by atoms with Crippen molar-refractivity contribution in [1.82, 2.24) is 9.55 Å². The number of thioether (sulfide) groups is 1. The van der Waals surface area contributed by atoms with Crippen LogP contribution in [0.3, 0.4) is 0 Å². The average molecular weight is 429 g/mol. The summed E-state index contributed by atoms with van der Waals surface area (Å²) < 4.78 is 1.94. The molecule has 0 bridgehead atoms. The van der Waals surface area contributed by atoms with E-state index in [1.807, 2.05) is 35.1 Å². The number of para-hydroxylation sites is 2. The monoisotopic (exact) mass is 428 g/mol. The molecule has 2 heterocycles. The Hall–Kier alpha value is -2.51. The number of hydrogen-bond donors (Lipinski definition) is 1. The molecule has 1 saturated heterocycles. The zero-order chi connectivity index (χ0) is 20.4. The van der Waals surface area contributed by atoms with Crippen LogP contribution in [0.1, 0.15) is 18.7 Å². The second-order valence-corrected chi connectivity index (χ2v) is 8.17. The molecule has 0 radical (unpaired) electrons. The van der Waals surface area contributed by atoms with Crippen LogP contribution in [0.15, 0.2) is 42.5 Å². The van der Waals surface area contributed by atoms with Crippen LogP contribution in [0.2, 0.25) is 5.02 Å². The molecule has 0 saturated carbocycles. The van der Waals surface area contributed by atoms with Gasteiger partial charge in [0.15, 0.2) is 0 Å². The van der Waals surface area contributed by atoms with Crippen LogP contribution < -0.4 is 10.2 Å². The highest BCUT2D eigenvalue weighted by Gasteiger charge is 2.23. The molecule has 150 valence electrons. The minimum absolute atomic E-state index is 0.0806. The predicted octanol–water partition coefficient (Wildman–Crippen LogP) is 4.32. The van der Waals surface area contributed by atoms with Gasteiger partial charge in [-0.05, 0) is 43.0 Å². The number of carbonyl (C=O) groups is 2. The Morgan fingerprint density at radius 3 is 2.83 bits per heavy atom. The van der Waals surface area contributed by atoms with Crippen molar-refractivity contribution in [3.05, 3.63) is 53.3 Å². The maximum absolute atomic E-state index is 12.7. The summed E-state index contributed by atoms with van der Waals surface area (Å²) >= 11 is 8.05. The van der Waals surface area contributed by atoms with Gasteiger partial charge >= 0.3 is 0 Å². The van der Waals surface area contributed by atoms with E-state index in [2.05, 4.69) is 10.3 Å². The number of rotatable bonds is 6. The summed E-state index contributed by atoms with van der Waals surface area (Å²) in [6.45, 7) is 0.844. The van der Waals surface area contributed by atoms with E-state index < -0.39 is 0 Å². The predicted molar refractivity (Wildman–Crippen MR) is 119 cm³/mol. The number of imidazole rings is 1. The topological polar surface area (TPSA) is 67.2 Å². The molecule has 1 aliphatic rings. The first-order valence-electron chi connectivity index (χ1n) is 9.39. The minimum Gasteiger partial charge on any atom is -0.324 e. The van der Waals surface area contributed by atoms with Crippen molar-refractivity contribution in [2.45, 2.75) is 25.1 Å². The molecular weight excluding hydrogens is 408 g/mol. The highest BCUT2D eigenvalue weighted by Crippen LogP contribution is 2.31. The molecule has 0 aliphatic carbocycles. The van der Waals surface area contributed by atoms with Crippen molar-refractivity contribution in [3.8, 4) is 0 Å². The smallest absolute Gasteiger partial charge is 0.244 e. The van der Waals surface area contributed by atoms with Crippen LogP contribution in [0.4, 0.5) is 11.4 Å². The molecular formula is C21H21ClN4O2S. The van der Waals surface area contributed by atoms with Crippen molar-refractivity contribution in [1.29, 1.82) is 0 Å². The number of nitrogens with one attached hydrogen (secondary N) is 1. The van der Waals surface area contributed by atoms with E-state index in [0.717, 1.165) is 29.0 Å². The van der Waals surface area contributed by atoms with E-state index in [-0.39, 0.29) is 18.4 Å². The lowest BCUT2D eigenvalue weighted by Gasteiger charge is -2.18. The van der Waals surface area contributed by atoms with Crippen molar-refractivity contribution in [2.75, 3.05) is 23.0 Å². The molecule has 29 heavy (non-hydrogen) atoms. The number of fused-ring (bicyclic) bond motifs is 1. The van der Waals surface area contributed by atoms with Crippen LogP contribution in [0.25, 0.3) is 11.0 Å². The molecule has 0 unspecified atom stereocenters. The second-order valence-electron chi connectivity index (χ2n) is 6.90. The minimum atomic E-state index is -0.156. The molecule has 4 rings (SSSR count). The summed E-state index contributed by atoms with van der Waals surface area (Å²) in [5.41, 5.74) is 3.11. The van der Waals surface area contributed by atoms with Crippen molar-refractivity contribution in [3.63, 3.8) is 0 Å². The van der Waals surface area contributed by atoms with Crippen molar-refractivity contribution >= 4 is 57.6 Å². The quantitative estimate of drug-likeness (QED) is 0.635. The number of anilines is 2. The number of aromatic nitrogens is 2. The molecule has 2 amide bonds. The third kappa shape index (κ3) is 4.11. The molecule has 8 heteroatoms. The van der Waals surface area contributed by atoms with E-state index in [4.69, 9.17) is 11.6 Å². The number of benzene rings is 2. The zero-order valence-electron chi connectivity index (χ0n) is 16.0. The molecule has 3 aromatic rings. The zero-order valence-corrected chi connectivity index (χ0v) is 17.6. The van der Waals surface area contributed by atoms with Crippen LogP contribution in [0.5, 0.6) is 0 Å². The van der Waals surface area contributed by atoms with Crippen molar-refractivity contribution in [2.24, 2.45) is 0 Å². The van der Waals surface area contributed by atoms with E-state index in [9.17, 15) is 9.59 Å². The molecule has 1 fully saturated rings. The summed E-state index contributed by atoms with van der Waals surface area (Å²) in [4.78, 5) is 31.0. The average Bonchev–Trinajstić information content (AvgIpc) is 3.26. The first kappa shape index (κ1) is 19.8. The fraction of sp³-hybridized carbons (Fsp3) is 0.286. The Kier molecular flexibility index (Phi) is 5.78. The normalized spacial score (nSPS) is 14.0. The van der Waals surface area contributed by atoms with Gasteiger partial charge in [-0.2, -0.15) is 11.8 Å². The van der Waals surface area contributed by atoms with E-state index in [0.29, 0.717) is 29.4 Å². The van der Waals surface area contributed by atoms with Crippen LogP contribution >= 0.6 is 23.4 Å². The Morgan fingerprint density at radius 2 is 2.10 bits per heavy atom. The Morgan fingerprint density at radius 1 is 1.28 bits per heavy atom. The van der Waals surface area contributed by atoms with Gasteiger partial charge in [-0.25, -0.2) is 4.98 Å². The van der Waals surface area contributed by atoms with Crippen LogP contribution in [0, 0.1) is 0 Å². The van der Waals surface area contributed by atoms with Crippen LogP contribution in [-0.2, 0) is 21.9 Å². The number of nitrogens with zero attached hydrogens (tertiary/aromatic N) is 3. The maximum atomic E-state index is 12.7. The molecule has 0 atom stereocenters. The fourth-order valence-corrected chi connectivity index (χ4v) is 4.35. The van der Waals surface area contributed by atoms with E-state index in [1.165, 1.54) is 0 Å². The molecule has 6 nitrogen and oxygen atoms in total. The first-order chi connectivity index (χ1) is 14.1. The van der Waals surface area contributed by atoms with Gasteiger partial charge in [-0.15, -0.1) is 0 Å². The highest BCUT2D eigenvalue weighted by molar-refractivity contribution is 7.97. The summed E-state index contributed by atoms with van der Waals surface area (Å²) in [6.07, 6.45) is 3.40. The highest BCUT2D eigenvalue weighted by atomic mass is 35.5. The van der Waals surface area contributed by atoms with Gasteiger partial charge in [0.25, 0.3) is 0 Å². The van der Waals surface area contributed by atoms with Gasteiger partial charge in [0.1, 0.15) is 12.4 Å². The number of hydrogen-bond acceptors (Lipinski definition) is 4. The SMILES string of the molecule is CSCc1nc2ccccc2n1CC(=O)Nc1ccc(N2CCCC2=O)c(Cl)c1. The lowest BCUT2D eigenvalue weighted by atomic mass is 10.2. The summed E-state index contributed by atoms with van der Waals surface area (Å²) in [6, 6.07) is 13.1. The maximum Gasteiger partial charge on any atom is 0.244 e. The largest absolute Gasteiger partial charge is 0.324 e. The number of amides is 2. The van der Waals surface area contributed by atoms with Crippen LogP contribution in [-0.4, -0.2) is 34.2 Å². The Balaban J connectivity index is 1.52. The van der Waals surface area contributed by atoms with Gasteiger partial charge in [0.05, 0.1) is 27.5 Å². The Bertz CT molecular complexity index is 1080. The summed E-state index contributed by atoms with van der Waals surface area (Å²) in [7, 11) is 0. The molecule has 0 spiro atoms. The van der Waals surface area contributed by atoms with Gasteiger partial charge in [0, 0.05) is 18.7 Å². The van der Waals surface area contributed by atoms with Crippen molar-refractivity contribution < 1.29 is 9.59 Å². The van der Waals surface area contributed by atoms with E-state index >= 15 is 0 Å². The summed E-state index contributed by atoms with van der Waals surface area (Å²) in [5, 5.41) is 3.35. The van der Waals surface area contributed by atoms with Gasteiger partial charge in [-0.3, -0.25) is 9.59 Å². The number of carbonyl (C=O) groups excluding carboxylic acids is 2.